The summed E-state index contributed by atoms with van der Waals surface area (Å²) in [6.07, 6.45) is 0.0245. The number of rotatable bonds is 7. The summed E-state index contributed by atoms with van der Waals surface area (Å²) in [5.41, 5.74) is 2.50. The lowest BCUT2D eigenvalue weighted by molar-refractivity contribution is -0.139. The molecular weight excluding hydrogens is 485 g/mol. The second-order valence-corrected chi connectivity index (χ2v) is 9.11. The molecule has 0 fully saturated rings. The van der Waals surface area contributed by atoms with Crippen LogP contribution in [0.2, 0.25) is 0 Å². The van der Waals surface area contributed by atoms with Gasteiger partial charge in [0.25, 0.3) is 0 Å². The number of benzene rings is 2. The summed E-state index contributed by atoms with van der Waals surface area (Å²) < 4.78 is 31.0. The molecule has 1 N–H and O–H groups in total. The van der Waals surface area contributed by atoms with Gasteiger partial charge in [0, 0.05) is 17.8 Å². The van der Waals surface area contributed by atoms with Crippen molar-refractivity contribution in [3.63, 3.8) is 0 Å². The molecule has 3 aliphatic rings. The molecule has 5 rings (SSSR count). The molecular formula is C26H24FN3O5S. The van der Waals surface area contributed by atoms with Crippen molar-refractivity contribution in [2.45, 2.75) is 32.9 Å². The molecule has 1 atom stereocenters. The summed E-state index contributed by atoms with van der Waals surface area (Å²) in [6, 6.07) is 11.0. The number of carbonyl (C=O) groups is 2. The van der Waals surface area contributed by atoms with E-state index in [1.165, 1.54) is 17.8 Å². The third-order valence-corrected chi connectivity index (χ3v) is 6.85. The largest absolute Gasteiger partial charge is 0.463 e. The fourth-order valence-corrected chi connectivity index (χ4v) is 5.27. The molecule has 0 saturated carbocycles. The van der Waals surface area contributed by atoms with Crippen LogP contribution in [0, 0.1) is 5.82 Å². The first-order chi connectivity index (χ1) is 17.5. The van der Waals surface area contributed by atoms with Crippen LogP contribution >= 0.6 is 11.8 Å². The highest BCUT2D eigenvalue weighted by Crippen LogP contribution is 2.45. The van der Waals surface area contributed by atoms with Crippen molar-refractivity contribution < 1.29 is 28.2 Å². The first-order valence-electron chi connectivity index (χ1n) is 11.5. The Bertz CT molecular complexity index is 1320. The van der Waals surface area contributed by atoms with E-state index in [1.54, 1.807) is 43.0 Å². The highest BCUT2D eigenvalue weighted by Gasteiger charge is 2.42. The van der Waals surface area contributed by atoms with Crippen LogP contribution in [0.4, 0.5) is 4.39 Å². The van der Waals surface area contributed by atoms with E-state index in [0.29, 0.717) is 40.2 Å². The molecule has 0 bridgehead atoms. The summed E-state index contributed by atoms with van der Waals surface area (Å²) in [7, 11) is 0. The van der Waals surface area contributed by atoms with Crippen LogP contribution in [0.3, 0.4) is 0 Å². The van der Waals surface area contributed by atoms with E-state index < -0.39 is 17.8 Å². The normalized spacial score (nSPS) is 18.0. The highest BCUT2D eigenvalue weighted by molar-refractivity contribution is 8.16. The van der Waals surface area contributed by atoms with Crippen LogP contribution < -0.4 is 14.8 Å². The minimum absolute atomic E-state index is 0.0245. The van der Waals surface area contributed by atoms with Gasteiger partial charge in [0.15, 0.2) is 16.7 Å². The fraction of sp³-hybridized carbons (Fsp3) is 0.269. The van der Waals surface area contributed by atoms with Crippen LogP contribution in [-0.2, 0) is 20.9 Å². The second kappa shape index (κ2) is 10.1. The number of thioether (sulfide) groups is 1. The van der Waals surface area contributed by atoms with Gasteiger partial charge >= 0.3 is 5.97 Å². The average molecular weight is 510 g/mol. The number of nitrogens with one attached hydrogen (secondary N) is 1. The fourth-order valence-electron chi connectivity index (χ4n) is 4.31. The number of fused-ring (bicyclic) bond motifs is 2. The topological polar surface area (TPSA) is 89.5 Å². The number of esters is 1. The van der Waals surface area contributed by atoms with Crippen LogP contribution in [-0.4, -0.2) is 35.3 Å². The van der Waals surface area contributed by atoms with Crippen molar-refractivity contribution in [2.75, 3.05) is 13.4 Å². The number of halogens is 1. The van der Waals surface area contributed by atoms with Gasteiger partial charge in [-0.05, 0) is 43.0 Å². The molecule has 1 amide bonds. The lowest BCUT2D eigenvalue weighted by Gasteiger charge is -2.36. The molecule has 0 saturated heterocycles. The molecule has 2 aromatic rings. The van der Waals surface area contributed by atoms with E-state index in [-0.39, 0.29) is 31.3 Å². The second-order valence-electron chi connectivity index (χ2n) is 8.28. The lowest BCUT2D eigenvalue weighted by Crippen LogP contribution is -2.38. The van der Waals surface area contributed by atoms with Gasteiger partial charge in [-0.3, -0.25) is 4.79 Å². The molecule has 1 unspecified atom stereocenters. The van der Waals surface area contributed by atoms with Gasteiger partial charge in [0.05, 0.1) is 30.3 Å². The number of amides is 1. The monoisotopic (exact) mass is 509 g/mol. The molecule has 0 aromatic heterocycles. The van der Waals surface area contributed by atoms with E-state index in [2.05, 4.69) is 10.3 Å². The van der Waals surface area contributed by atoms with Crippen LogP contribution in [0.1, 0.15) is 37.4 Å². The molecule has 10 heteroatoms. The van der Waals surface area contributed by atoms with Crippen molar-refractivity contribution in [3.05, 3.63) is 81.8 Å². The third kappa shape index (κ3) is 4.56. The molecule has 0 spiro atoms. The van der Waals surface area contributed by atoms with Gasteiger partial charge in [-0.2, -0.15) is 0 Å². The van der Waals surface area contributed by atoms with E-state index in [4.69, 9.17) is 14.2 Å². The highest BCUT2D eigenvalue weighted by atomic mass is 32.2. The summed E-state index contributed by atoms with van der Waals surface area (Å²) >= 11 is 1.33. The number of allylic oxidation sites excluding steroid dienone is 1. The Hall–Kier alpha value is -3.79. The minimum atomic E-state index is -0.805. The SMILES string of the molecule is CCOC(=O)C1=C(C)N=C2SC=C(CC(=O)NCc3ccc4c(c3)OCO4)N2C1c1ccccc1F. The molecule has 36 heavy (non-hydrogen) atoms. The summed E-state index contributed by atoms with van der Waals surface area (Å²) in [5.74, 6) is 0.0794. The summed E-state index contributed by atoms with van der Waals surface area (Å²) in [4.78, 5) is 32.2. The Morgan fingerprint density at radius 3 is 2.83 bits per heavy atom. The first kappa shape index (κ1) is 23.9. The zero-order valence-electron chi connectivity index (χ0n) is 19.7. The zero-order chi connectivity index (χ0) is 25.2. The third-order valence-electron chi connectivity index (χ3n) is 5.96. The molecule has 2 aromatic carbocycles. The van der Waals surface area contributed by atoms with Crippen LogP contribution in [0.5, 0.6) is 11.5 Å². The van der Waals surface area contributed by atoms with Gasteiger partial charge in [-0.15, -0.1) is 0 Å². The Morgan fingerprint density at radius 2 is 2.03 bits per heavy atom. The number of carbonyl (C=O) groups excluding carboxylic acids is 2. The van der Waals surface area contributed by atoms with Crippen molar-refractivity contribution >= 4 is 28.8 Å². The van der Waals surface area contributed by atoms with E-state index in [0.717, 1.165) is 5.56 Å². The quantitative estimate of drug-likeness (QED) is 0.554. The summed E-state index contributed by atoms with van der Waals surface area (Å²) in [6.45, 7) is 4.09. The first-order valence-corrected chi connectivity index (χ1v) is 12.4. The standard InChI is InChI=1S/C26H24FN3O5S/c1-3-33-25(32)23-15(2)29-26-30(24(23)18-6-4-5-7-19(18)27)17(13-36-26)11-22(31)28-12-16-8-9-20-21(10-16)35-14-34-20/h4-10,13,24H,3,11-12,14H2,1-2H3,(H,28,31). The maximum absolute atomic E-state index is 15.0. The van der Waals surface area contributed by atoms with Gasteiger partial charge < -0.3 is 24.4 Å². The molecule has 3 heterocycles. The Balaban J connectivity index is 1.37. The smallest absolute Gasteiger partial charge is 0.338 e. The maximum Gasteiger partial charge on any atom is 0.338 e. The lowest BCUT2D eigenvalue weighted by atomic mass is 9.93. The zero-order valence-corrected chi connectivity index (χ0v) is 20.6. The number of amidine groups is 1. The Kier molecular flexibility index (Phi) is 6.69. The van der Waals surface area contributed by atoms with Gasteiger partial charge in [0.2, 0.25) is 12.7 Å². The number of hydrogen-bond acceptors (Lipinski definition) is 8. The Morgan fingerprint density at radius 1 is 1.22 bits per heavy atom. The van der Waals surface area contributed by atoms with Crippen molar-refractivity contribution in [2.24, 2.45) is 4.99 Å². The molecule has 0 radical (unpaired) electrons. The van der Waals surface area contributed by atoms with E-state index in [9.17, 15) is 9.59 Å². The predicted molar refractivity (Wildman–Crippen MR) is 132 cm³/mol. The van der Waals surface area contributed by atoms with Crippen molar-refractivity contribution in [1.29, 1.82) is 0 Å². The number of nitrogens with zero attached hydrogens (tertiary/aromatic N) is 2. The summed E-state index contributed by atoms with van der Waals surface area (Å²) in [5, 5.41) is 5.30. The van der Waals surface area contributed by atoms with Crippen LogP contribution in [0.15, 0.2) is 69.8 Å². The molecule has 8 nitrogen and oxygen atoms in total. The Labute approximate surface area is 211 Å². The average Bonchev–Trinajstić information content (AvgIpc) is 3.49. The van der Waals surface area contributed by atoms with E-state index in [1.807, 2.05) is 17.5 Å². The number of aliphatic imine (C=N–C) groups is 1. The van der Waals surface area contributed by atoms with Crippen LogP contribution in [0.25, 0.3) is 0 Å². The predicted octanol–water partition coefficient (Wildman–Crippen LogP) is 4.40. The van der Waals surface area contributed by atoms with E-state index >= 15 is 4.39 Å². The molecule has 3 aliphatic heterocycles. The number of ether oxygens (including phenoxy) is 3. The molecule has 186 valence electrons. The van der Waals surface area contributed by atoms with Gasteiger partial charge in [-0.25, -0.2) is 14.2 Å². The minimum Gasteiger partial charge on any atom is -0.463 e. The maximum atomic E-state index is 15.0. The number of hydrogen-bond donors (Lipinski definition) is 1. The van der Waals surface area contributed by atoms with Gasteiger partial charge in [0.1, 0.15) is 5.82 Å². The molecule has 0 aliphatic carbocycles. The van der Waals surface area contributed by atoms with Gasteiger partial charge in [-0.1, -0.05) is 36.0 Å². The van der Waals surface area contributed by atoms with Crippen molar-refractivity contribution in [1.82, 2.24) is 10.2 Å². The van der Waals surface area contributed by atoms with Crippen molar-refractivity contribution in [3.8, 4) is 11.5 Å².